The van der Waals surface area contributed by atoms with Crippen molar-refractivity contribution in [3.8, 4) is 12.3 Å². The van der Waals surface area contributed by atoms with Crippen LogP contribution in [0.15, 0.2) is 12.3 Å². The first-order valence-electron chi connectivity index (χ1n) is 7.96. The highest BCUT2D eigenvalue weighted by molar-refractivity contribution is 5.68. The van der Waals surface area contributed by atoms with Gasteiger partial charge in [0.2, 0.25) is 0 Å². The standard InChI is InChI=1S/C18H25N3O2/c1-6-14-11-13(2)16(19-12-14)21-9-7-15(8-10-21)20-17(22)23-18(3,4)5/h1,11-12,15H,7-10H2,2-5H3,(H,20,22). The zero-order chi connectivity index (χ0) is 17.0. The molecular weight excluding hydrogens is 290 g/mol. The summed E-state index contributed by atoms with van der Waals surface area (Å²) >= 11 is 0. The number of carbonyl (C=O) groups is 1. The molecule has 1 amide bonds. The van der Waals surface area contributed by atoms with E-state index in [1.807, 2.05) is 33.8 Å². The quantitative estimate of drug-likeness (QED) is 0.853. The van der Waals surface area contributed by atoms with E-state index in [0.29, 0.717) is 0 Å². The highest BCUT2D eigenvalue weighted by atomic mass is 16.6. The lowest BCUT2D eigenvalue weighted by Crippen LogP contribution is -2.46. The Kier molecular flexibility index (Phi) is 5.15. The second-order valence-electron chi connectivity index (χ2n) is 6.92. The van der Waals surface area contributed by atoms with Gasteiger partial charge in [-0.1, -0.05) is 5.92 Å². The molecule has 0 spiro atoms. The van der Waals surface area contributed by atoms with Crippen LogP contribution in [0.1, 0.15) is 44.7 Å². The van der Waals surface area contributed by atoms with E-state index < -0.39 is 5.60 Å². The van der Waals surface area contributed by atoms with Crippen molar-refractivity contribution >= 4 is 11.9 Å². The summed E-state index contributed by atoms with van der Waals surface area (Å²) in [4.78, 5) is 18.5. The largest absolute Gasteiger partial charge is 0.444 e. The molecule has 124 valence electrons. The van der Waals surface area contributed by atoms with Crippen LogP contribution in [0.3, 0.4) is 0 Å². The second-order valence-corrected chi connectivity index (χ2v) is 6.92. The third-order valence-electron chi connectivity index (χ3n) is 3.73. The number of terminal acetylenes is 1. The molecular formula is C18H25N3O2. The number of nitrogens with zero attached hydrogens (tertiary/aromatic N) is 2. The van der Waals surface area contributed by atoms with E-state index in [2.05, 4.69) is 21.1 Å². The molecule has 0 bridgehead atoms. The topological polar surface area (TPSA) is 54.5 Å². The summed E-state index contributed by atoms with van der Waals surface area (Å²) in [6, 6.07) is 2.12. The molecule has 1 fully saturated rings. The molecule has 0 aromatic carbocycles. The molecule has 5 heteroatoms. The van der Waals surface area contributed by atoms with Crippen LogP contribution in [-0.2, 0) is 4.74 Å². The zero-order valence-electron chi connectivity index (χ0n) is 14.3. The maximum absolute atomic E-state index is 11.8. The Morgan fingerprint density at radius 1 is 1.43 bits per heavy atom. The van der Waals surface area contributed by atoms with Crippen molar-refractivity contribution in [2.24, 2.45) is 0 Å². The van der Waals surface area contributed by atoms with Crippen LogP contribution in [0.2, 0.25) is 0 Å². The third kappa shape index (κ3) is 4.88. The number of aromatic nitrogens is 1. The smallest absolute Gasteiger partial charge is 0.407 e. The number of hydrogen-bond acceptors (Lipinski definition) is 4. The lowest BCUT2D eigenvalue weighted by molar-refractivity contribution is 0.0497. The Morgan fingerprint density at radius 3 is 2.61 bits per heavy atom. The number of piperidine rings is 1. The van der Waals surface area contributed by atoms with E-state index in [1.165, 1.54) is 0 Å². The first-order chi connectivity index (χ1) is 10.8. The number of nitrogens with one attached hydrogen (secondary N) is 1. The number of pyridine rings is 1. The summed E-state index contributed by atoms with van der Waals surface area (Å²) in [5, 5.41) is 2.95. The number of carbonyl (C=O) groups excluding carboxylic acids is 1. The van der Waals surface area contributed by atoms with Crippen molar-refractivity contribution in [3.63, 3.8) is 0 Å². The van der Waals surface area contributed by atoms with Crippen molar-refractivity contribution in [2.45, 2.75) is 52.2 Å². The molecule has 1 saturated heterocycles. The van der Waals surface area contributed by atoms with Crippen LogP contribution < -0.4 is 10.2 Å². The first-order valence-corrected chi connectivity index (χ1v) is 7.96. The van der Waals surface area contributed by atoms with Crippen molar-refractivity contribution in [1.82, 2.24) is 10.3 Å². The molecule has 5 nitrogen and oxygen atoms in total. The SMILES string of the molecule is C#Cc1cnc(N2CCC(NC(=O)OC(C)(C)C)CC2)c(C)c1. The van der Waals surface area contributed by atoms with Crippen LogP contribution in [0, 0.1) is 19.3 Å². The van der Waals surface area contributed by atoms with Gasteiger partial charge in [-0.3, -0.25) is 0 Å². The van der Waals surface area contributed by atoms with Crippen molar-refractivity contribution in [2.75, 3.05) is 18.0 Å². The summed E-state index contributed by atoms with van der Waals surface area (Å²) in [6.07, 6.45) is 8.53. The van der Waals surface area contributed by atoms with E-state index in [1.54, 1.807) is 6.20 Å². The van der Waals surface area contributed by atoms with Gasteiger partial charge in [-0.05, 0) is 52.2 Å². The molecule has 1 N–H and O–H groups in total. The van der Waals surface area contributed by atoms with E-state index >= 15 is 0 Å². The van der Waals surface area contributed by atoms with Crippen LogP contribution in [0.5, 0.6) is 0 Å². The lowest BCUT2D eigenvalue weighted by Gasteiger charge is -2.34. The number of anilines is 1. The number of aryl methyl sites for hydroxylation is 1. The van der Waals surface area contributed by atoms with Gasteiger partial charge in [-0.2, -0.15) is 0 Å². The van der Waals surface area contributed by atoms with Gasteiger partial charge >= 0.3 is 6.09 Å². The van der Waals surface area contributed by atoms with Gasteiger partial charge in [0.1, 0.15) is 11.4 Å². The molecule has 2 heterocycles. The van der Waals surface area contributed by atoms with E-state index in [-0.39, 0.29) is 12.1 Å². The number of ether oxygens (including phenoxy) is 1. The molecule has 0 saturated carbocycles. The Morgan fingerprint density at radius 2 is 2.09 bits per heavy atom. The molecule has 0 unspecified atom stereocenters. The minimum Gasteiger partial charge on any atom is -0.444 e. The van der Waals surface area contributed by atoms with E-state index in [4.69, 9.17) is 11.2 Å². The summed E-state index contributed by atoms with van der Waals surface area (Å²) in [6.45, 7) is 9.32. The normalized spacial score (nSPS) is 15.9. The average Bonchev–Trinajstić information content (AvgIpc) is 2.46. The minimum absolute atomic E-state index is 0.145. The summed E-state index contributed by atoms with van der Waals surface area (Å²) in [5.74, 6) is 3.57. The van der Waals surface area contributed by atoms with Gasteiger partial charge in [-0.15, -0.1) is 6.42 Å². The van der Waals surface area contributed by atoms with Crippen molar-refractivity contribution in [3.05, 3.63) is 23.4 Å². The number of rotatable bonds is 2. The maximum atomic E-state index is 11.8. The van der Waals surface area contributed by atoms with Gasteiger partial charge < -0.3 is 15.0 Å². The fraction of sp³-hybridized carbons (Fsp3) is 0.556. The molecule has 2 rings (SSSR count). The van der Waals surface area contributed by atoms with Crippen LogP contribution in [0.4, 0.5) is 10.6 Å². The van der Waals surface area contributed by atoms with Gasteiger partial charge in [0.05, 0.1) is 0 Å². The van der Waals surface area contributed by atoms with E-state index in [0.717, 1.165) is 42.9 Å². The monoisotopic (exact) mass is 315 g/mol. The highest BCUT2D eigenvalue weighted by Gasteiger charge is 2.24. The second kappa shape index (κ2) is 6.91. The Labute approximate surface area is 138 Å². The predicted molar refractivity (Wildman–Crippen MR) is 91.5 cm³/mol. The highest BCUT2D eigenvalue weighted by Crippen LogP contribution is 2.22. The molecule has 1 aliphatic heterocycles. The third-order valence-corrected chi connectivity index (χ3v) is 3.73. The maximum Gasteiger partial charge on any atom is 0.407 e. The molecule has 0 radical (unpaired) electrons. The molecule has 1 aromatic heterocycles. The average molecular weight is 315 g/mol. The molecule has 0 atom stereocenters. The first kappa shape index (κ1) is 17.1. The Hall–Kier alpha value is -2.22. The van der Waals surface area contributed by atoms with Gasteiger partial charge in [0.25, 0.3) is 0 Å². The van der Waals surface area contributed by atoms with Gasteiger partial charge in [0, 0.05) is 30.9 Å². The zero-order valence-corrected chi connectivity index (χ0v) is 14.3. The lowest BCUT2D eigenvalue weighted by atomic mass is 10.0. The number of amides is 1. The summed E-state index contributed by atoms with van der Waals surface area (Å²) in [5.41, 5.74) is 1.41. The van der Waals surface area contributed by atoms with E-state index in [9.17, 15) is 4.79 Å². The molecule has 1 aliphatic rings. The van der Waals surface area contributed by atoms with Crippen LogP contribution in [0.25, 0.3) is 0 Å². The van der Waals surface area contributed by atoms with Gasteiger partial charge in [-0.25, -0.2) is 9.78 Å². The fourth-order valence-electron chi connectivity index (χ4n) is 2.69. The summed E-state index contributed by atoms with van der Waals surface area (Å²) in [7, 11) is 0. The van der Waals surface area contributed by atoms with Crippen molar-refractivity contribution < 1.29 is 9.53 Å². The number of hydrogen-bond donors (Lipinski definition) is 1. The summed E-state index contributed by atoms with van der Waals surface area (Å²) < 4.78 is 5.30. The Balaban J connectivity index is 1.89. The molecule has 23 heavy (non-hydrogen) atoms. The van der Waals surface area contributed by atoms with Gasteiger partial charge in [0.15, 0.2) is 0 Å². The molecule has 1 aromatic rings. The fourth-order valence-corrected chi connectivity index (χ4v) is 2.69. The van der Waals surface area contributed by atoms with Crippen LogP contribution >= 0.6 is 0 Å². The predicted octanol–water partition coefficient (Wildman–Crippen LogP) is 2.86. The molecule has 0 aliphatic carbocycles. The number of alkyl carbamates (subject to hydrolysis) is 1. The Bertz CT molecular complexity index is 606. The minimum atomic E-state index is -0.468. The van der Waals surface area contributed by atoms with Crippen molar-refractivity contribution in [1.29, 1.82) is 0 Å². The van der Waals surface area contributed by atoms with Crippen LogP contribution in [-0.4, -0.2) is 35.8 Å².